The van der Waals surface area contributed by atoms with E-state index in [2.05, 4.69) is 5.32 Å². The van der Waals surface area contributed by atoms with E-state index in [-0.39, 0.29) is 12.0 Å². The quantitative estimate of drug-likeness (QED) is 0.794. The van der Waals surface area contributed by atoms with E-state index in [0.717, 1.165) is 0 Å². The third-order valence-corrected chi connectivity index (χ3v) is 2.35. The van der Waals surface area contributed by atoms with Gasteiger partial charge in [0.05, 0.1) is 0 Å². The maximum absolute atomic E-state index is 12.5. The van der Waals surface area contributed by atoms with Crippen molar-refractivity contribution in [2.75, 3.05) is 6.54 Å². The molecule has 96 valence electrons. The molecule has 0 bridgehead atoms. The van der Waals surface area contributed by atoms with Crippen LogP contribution in [-0.4, -0.2) is 29.3 Å². The van der Waals surface area contributed by atoms with Crippen molar-refractivity contribution >= 4 is 5.97 Å². The molecule has 0 spiro atoms. The molecule has 16 heavy (non-hydrogen) atoms. The van der Waals surface area contributed by atoms with Gasteiger partial charge in [-0.1, -0.05) is 20.8 Å². The number of carboxylic acids is 1. The molecule has 1 unspecified atom stereocenters. The predicted molar refractivity (Wildman–Crippen MR) is 54.2 cm³/mol. The molecule has 1 atom stereocenters. The first-order valence-corrected chi connectivity index (χ1v) is 4.95. The zero-order valence-electron chi connectivity index (χ0n) is 9.90. The fourth-order valence-corrected chi connectivity index (χ4v) is 0.985. The second-order valence-electron chi connectivity index (χ2n) is 5.17. The second-order valence-corrected chi connectivity index (χ2v) is 5.17. The Morgan fingerprint density at radius 3 is 1.88 bits per heavy atom. The largest absolute Gasteiger partial charge is 0.480 e. The molecule has 0 amide bonds. The van der Waals surface area contributed by atoms with Gasteiger partial charge in [-0.2, -0.15) is 13.2 Å². The fraction of sp³-hybridized carbons (Fsp3) is 0.900. The van der Waals surface area contributed by atoms with Gasteiger partial charge in [0.25, 0.3) is 0 Å². The molecule has 0 aliphatic rings. The van der Waals surface area contributed by atoms with Crippen LogP contribution in [0, 0.1) is 5.41 Å². The Bertz CT molecular complexity index is 258. The van der Waals surface area contributed by atoms with Crippen molar-refractivity contribution in [1.29, 1.82) is 0 Å². The number of hydrogen-bond donors (Lipinski definition) is 2. The molecule has 0 aromatic heterocycles. The Morgan fingerprint density at radius 1 is 1.19 bits per heavy atom. The molecule has 0 aliphatic carbocycles. The van der Waals surface area contributed by atoms with Crippen LogP contribution in [0.3, 0.4) is 0 Å². The highest BCUT2D eigenvalue weighted by Crippen LogP contribution is 2.30. The lowest BCUT2D eigenvalue weighted by molar-refractivity contribution is -0.206. The molecular weight excluding hydrogens is 223 g/mol. The molecular formula is C10H18F3NO2. The van der Waals surface area contributed by atoms with Crippen molar-refractivity contribution in [3.8, 4) is 0 Å². The van der Waals surface area contributed by atoms with E-state index >= 15 is 0 Å². The zero-order chi connectivity index (χ0) is 13.2. The van der Waals surface area contributed by atoms with Gasteiger partial charge in [-0.15, -0.1) is 0 Å². The Balaban J connectivity index is 4.55. The molecule has 0 aromatic rings. The van der Waals surface area contributed by atoms with Crippen LogP contribution in [-0.2, 0) is 4.79 Å². The third-order valence-electron chi connectivity index (χ3n) is 2.35. The number of hydrogen-bond acceptors (Lipinski definition) is 2. The average Bonchev–Trinajstić information content (AvgIpc) is 1.98. The molecule has 0 saturated heterocycles. The van der Waals surface area contributed by atoms with Crippen LogP contribution < -0.4 is 5.32 Å². The van der Waals surface area contributed by atoms with Gasteiger partial charge < -0.3 is 5.11 Å². The second kappa shape index (κ2) is 4.61. The first-order valence-electron chi connectivity index (χ1n) is 4.95. The van der Waals surface area contributed by atoms with Crippen molar-refractivity contribution < 1.29 is 23.1 Å². The number of halogens is 3. The monoisotopic (exact) mass is 241 g/mol. The van der Waals surface area contributed by atoms with Gasteiger partial charge in [0.15, 0.2) is 0 Å². The Kier molecular flexibility index (Phi) is 4.38. The van der Waals surface area contributed by atoms with Gasteiger partial charge in [-0.25, -0.2) is 4.79 Å². The van der Waals surface area contributed by atoms with Crippen molar-refractivity contribution in [1.82, 2.24) is 5.32 Å². The molecule has 6 heteroatoms. The van der Waals surface area contributed by atoms with E-state index in [1.165, 1.54) is 0 Å². The van der Waals surface area contributed by atoms with Gasteiger partial charge in [0.2, 0.25) is 5.54 Å². The van der Waals surface area contributed by atoms with Gasteiger partial charge >= 0.3 is 12.1 Å². The van der Waals surface area contributed by atoms with Crippen molar-refractivity contribution in [3.63, 3.8) is 0 Å². The fourth-order valence-electron chi connectivity index (χ4n) is 0.985. The molecule has 0 aromatic carbocycles. The van der Waals surface area contributed by atoms with E-state index in [1.807, 2.05) is 20.8 Å². The maximum atomic E-state index is 12.5. The Hall–Kier alpha value is -0.780. The molecule has 0 aliphatic heterocycles. The van der Waals surface area contributed by atoms with Gasteiger partial charge in [-0.05, 0) is 25.3 Å². The SMILES string of the molecule is CC(C)(C)CCNC(C)(C(=O)O)C(F)(F)F. The van der Waals surface area contributed by atoms with Crippen LogP contribution in [0.15, 0.2) is 0 Å². The highest BCUT2D eigenvalue weighted by Gasteiger charge is 2.57. The van der Waals surface area contributed by atoms with Gasteiger partial charge in [0.1, 0.15) is 0 Å². The van der Waals surface area contributed by atoms with Gasteiger partial charge in [-0.3, -0.25) is 5.32 Å². The minimum atomic E-state index is -4.81. The molecule has 0 saturated carbocycles. The molecule has 0 rings (SSSR count). The lowest BCUT2D eigenvalue weighted by Crippen LogP contribution is -2.60. The third kappa shape index (κ3) is 4.00. The van der Waals surface area contributed by atoms with Crippen LogP contribution in [0.4, 0.5) is 13.2 Å². The van der Waals surface area contributed by atoms with Crippen molar-refractivity contribution in [2.45, 2.75) is 45.8 Å². The molecule has 2 N–H and O–H groups in total. The highest BCUT2D eigenvalue weighted by molar-refractivity contribution is 5.79. The Morgan fingerprint density at radius 2 is 1.62 bits per heavy atom. The number of aliphatic carboxylic acids is 1. The number of rotatable bonds is 4. The summed E-state index contributed by atoms with van der Waals surface area (Å²) in [5.74, 6) is -1.91. The van der Waals surface area contributed by atoms with Crippen LogP contribution >= 0.6 is 0 Å². The highest BCUT2D eigenvalue weighted by atomic mass is 19.4. The number of carboxylic acid groups (broad SMARTS) is 1. The summed E-state index contributed by atoms with van der Waals surface area (Å²) in [6.45, 7) is 6.27. The van der Waals surface area contributed by atoms with Crippen LogP contribution in [0.25, 0.3) is 0 Å². The average molecular weight is 241 g/mol. The minimum Gasteiger partial charge on any atom is -0.480 e. The number of carbonyl (C=O) groups is 1. The minimum absolute atomic E-state index is 0.00576. The summed E-state index contributed by atoms with van der Waals surface area (Å²) in [6.07, 6.45) is -4.34. The zero-order valence-corrected chi connectivity index (χ0v) is 9.90. The number of nitrogens with one attached hydrogen (secondary N) is 1. The first kappa shape index (κ1) is 15.2. The van der Waals surface area contributed by atoms with Crippen molar-refractivity contribution in [2.24, 2.45) is 5.41 Å². The van der Waals surface area contributed by atoms with Crippen LogP contribution in [0.5, 0.6) is 0 Å². The standard InChI is InChI=1S/C10H18F3NO2/c1-8(2,3)5-6-14-9(4,7(15)16)10(11,12)13/h14H,5-6H2,1-4H3,(H,15,16). The summed E-state index contributed by atoms with van der Waals surface area (Å²) >= 11 is 0. The molecule has 0 radical (unpaired) electrons. The number of alkyl halides is 3. The summed E-state index contributed by atoms with van der Waals surface area (Å²) in [5.41, 5.74) is -3.02. The first-order chi connectivity index (χ1) is 6.90. The lowest BCUT2D eigenvalue weighted by atomic mass is 9.91. The predicted octanol–water partition coefficient (Wildman–Crippen LogP) is 2.42. The molecule has 0 heterocycles. The van der Waals surface area contributed by atoms with Crippen molar-refractivity contribution in [3.05, 3.63) is 0 Å². The maximum Gasteiger partial charge on any atom is 0.417 e. The van der Waals surface area contributed by atoms with E-state index in [0.29, 0.717) is 13.3 Å². The Labute approximate surface area is 93.0 Å². The summed E-state index contributed by atoms with van der Waals surface area (Å²) in [6, 6.07) is 0. The summed E-state index contributed by atoms with van der Waals surface area (Å²) in [5, 5.41) is 10.7. The molecule has 3 nitrogen and oxygen atoms in total. The normalized spacial score (nSPS) is 16.9. The summed E-state index contributed by atoms with van der Waals surface area (Å²) in [7, 11) is 0. The van der Waals surface area contributed by atoms with Crippen LogP contribution in [0.1, 0.15) is 34.1 Å². The van der Waals surface area contributed by atoms with E-state index in [1.54, 1.807) is 0 Å². The summed E-state index contributed by atoms with van der Waals surface area (Å²) in [4.78, 5) is 10.6. The smallest absolute Gasteiger partial charge is 0.417 e. The lowest BCUT2D eigenvalue weighted by Gasteiger charge is -2.30. The van der Waals surface area contributed by atoms with Crippen LogP contribution in [0.2, 0.25) is 0 Å². The summed E-state index contributed by atoms with van der Waals surface area (Å²) < 4.78 is 37.6. The molecule has 0 fully saturated rings. The van der Waals surface area contributed by atoms with E-state index in [4.69, 9.17) is 5.11 Å². The van der Waals surface area contributed by atoms with E-state index in [9.17, 15) is 18.0 Å². The van der Waals surface area contributed by atoms with Gasteiger partial charge in [0, 0.05) is 0 Å². The topological polar surface area (TPSA) is 49.3 Å². The van der Waals surface area contributed by atoms with E-state index < -0.39 is 17.7 Å².